The second-order valence-corrected chi connectivity index (χ2v) is 7.91. The lowest BCUT2D eigenvalue weighted by Gasteiger charge is -2.27. The number of nitrogens with one attached hydrogen (secondary N) is 2. The maximum absolute atomic E-state index is 5.45. The number of hydrogen-bond acceptors (Lipinski definition) is 10. The molecular weight excluding hydrogens is 490 g/mol. The smallest absolute Gasteiger partial charge is 0.250 e. The molecule has 0 unspecified atom stereocenters. The molecule has 2 N–H and O–H groups in total. The van der Waals surface area contributed by atoms with Gasteiger partial charge in [-0.05, 0) is 30.3 Å². The van der Waals surface area contributed by atoms with Crippen molar-refractivity contribution in [1.82, 2.24) is 15.0 Å². The van der Waals surface area contributed by atoms with Crippen LogP contribution in [0.2, 0.25) is 0 Å². The second-order valence-electron chi connectivity index (χ2n) is 7.00. The zero-order valence-electron chi connectivity index (χ0n) is 18.3. The van der Waals surface area contributed by atoms with Crippen molar-refractivity contribution < 1.29 is 14.2 Å². The quantitative estimate of drug-likeness (QED) is 0.344. The molecule has 2 aromatic carbocycles. The molecule has 1 saturated heterocycles. The van der Waals surface area contributed by atoms with Crippen LogP contribution in [0.25, 0.3) is 0 Å². The predicted octanol–water partition coefficient (Wildman–Crippen LogP) is 3.68. The Labute approximate surface area is 200 Å². The number of nitrogens with zero attached hydrogens (tertiary/aromatic N) is 5. The van der Waals surface area contributed by atoms with Crippen LogP contribution in [-0.4, -0.2) is 61.7 Å². The molecule has 1 fully saturated rings. The fraction of sp³-hybridized carbons (Fsp3) is 0.273. The fourth-order valence-electron chi connectivity index (χ4n) is 3.16. The Kier molecular flexibility index (Phi) is 7.53. The molecule has 0 radical (unpaired) electrons. The van der Waals surface area contributed by atoms with E-state index in [2.05, 4.69) is 51.6 Å². The number of methoxy groups -OCH3 is 2. The van der Waals surface area contributed by atoms with E-state index in [1.165, 1.54) is 0 Å². The van der Waals surface area contributed by atoms with E-state index in [-0.39, 0.29) is 0 Å². The Hall–Kier alpha value is -3.44. The third-order valence-corrected chi connectivity index (χ3v) is 5.30. The SMILES string of the molecule is COc1ccc(/C=N/Nc2nc(Nc3cccc(Br)c3)nc(N3CCOCC3)n2)c(OC)c1. The molecule has 0 amide bonds. The van der Waals surface area contributed by atoms with Crippen LogP contribution in [-0.2, 0) is 4.74 Å². The van der Waals surface area contributed by atoms with Crippen molar-refractivity contribution in [3.63, 3.8) is 0 Å². The second kappa shape index (κ2) is 10.9. The largest absolute Gasteiger partial charge is 0.497 e. The average molecular weight is 514 g/mol. The molecule has 0 aliphatic carbocycles. The van der Waals surface area contributed by atoms with Crippen molar-refractivity contribution in [3.05, 3.63) is 52.5 Å². The number of ether oxygens (including phenoxy) is 3. The Morgan fingerprint density at radius 2 is 1.85 bits per heavy atom. The van der Waals surface area contributed by atoms with E-state index >= 15 is 0 Å². The molecule has 0 saturated carbocycles. The van der Waals surface area contributed by atoms with Crippen molar-refractivity contribution >= 4 is 45.7 Å². The van der Waals surface area contributed by atoms with Gasteiger partial charge in [-0.1, -0.05) is 22.0 Å². The first-order chi connectivity index (χ1) is 16.1. The van der Waals surface area contributed by atoms with Gasteiger partial charge < -0.3 is 24.4 Å². The van der Waals surface area contributed by atoms with Crippen molar-refractivity contribution in [2.75, 3.05) is 56.2 Å². The molecule has 1 aromatic heterocycles. The summed E-state index contributed by atoms with van der Waals surface area (Å²) in [6.45, 7) is 2.65. The molecule has 172 valence electrons. The van der Waals surface area contributed by atoms with E-state index in [0.717, 1.165) is 15.7 Å². The van der Waals surface area contributed by atoms with Gasteiger partial charge in [0, 0.05) is 34.9 Å². The van der Waals surface area contributed by atoms with Crippen LogP contribution >= 0.6 is 15.9 Å². The maximum atomic E-state index is 5.45. The van der Waals surface area contributed by atoms with Gasteiger partial charge in [-0.3, -0.25) is 0 Å². The van der Waals surface area contributed by atoms with Crippen LogP contribution in [0, 0.1) is 0 Å². The van der Waals surface area contributed by atoms with Gasteiger partial charge in [0.1, 0.15) is 11.5 Å². The van der Waals surface area contributed by atoms with Crippen LogP contribution in [0.5, 0.6) is 11.5 Å². The summed E-state index contributed by atoms with van der Waals surface area (Å²) in [6.07, 6.45) is 1.64. The fourth-order valence-corrected chi connectivity index (χ4v) is 3.55. The minimum atomic E-state index is 0.313. The Balaban J connectivity index is 1.57. The van der Waals surface area contributed by atoms with Gasteiger partial charge >= 0.3 is 0 Å². The molecule has 10 nitrogen and oxygen atoms in total. The molecule has 0 atom stereocenters. The number of aromatic nitrogens is 3. The molecule has 2 heterocycles. The van der Waals surface area contributed by atoms with Gasteiger partial charge in [0.25, 0.3) is 0 Å². The van der Waals surface area contributed by atoms with Crippen LogP contribution in [0.3, 0.4) is 0 Å². The van der Waals surface area contributed by atoms with Crippen LogP contribution in [0.4, 0.5) is 23.5 Å². The van der Waals surface area contributed by atoms with Gasteiger partial charge in [-0.2, -0.15) is 20.1 Å². The first-order valence-corrected chi connectivity index (χ1v) is 11.1. The van der Waals surface area contributed by atoms with Gasteiger partial charge in [0.2, 0.25) is 17.8 Å². The summed E-state index contributed by atoms with van der Waals surface area (Å²) in [7, 11) is 3.21. The van der Waals surface area contributed by atoms with E-state index in [1.54, 1.807) is 26.5 Å². The summed E-state index contributed by atoms with van der Waals surface area (Å²) in [6, 6.07) is 13.2. The Bertz CT molecular complexity index is 1120. The Morgan fingerprint density at radius 1 is 1.03 bits per heavy atom. The summed E-state index contributed by atoms with van der Waals surface area (Å²) in [5.41, 5.74) is 4.53. The predicted molar refractivity (Wildman–Crippen MR) is 131 cm³/mol. The number of hydrazone groups is 1. The highest BCUT2D eigenvalue weighted by Crippen LogP contribution is 2.24. The number of rotatable bonds is 8. The number of benzene rings is 2. The van der Waals surface area contributed by atoms with E-state index in [9.17, 15) is 0 Å². The van der Waals surface area contributed by atoms with E-state index in [4.69, 9.17) is 14.2 Å². The number of halogens is 1. The third-order valence-electron chi connectivity index (χ3n) is 4.81. The molecule has 1 aliphatic heterocycles. The summed E-state index contributed by atoms with van der Waals surface area (Å²) in [5.74, 6) is 2.61. The normalized spacial score (nSPS) is 13.7. The zero-order chi connectivity index (χ0) is 23.0. The Morgan fingerprint density at radius 3 is 2.61 bits per heavy atom. The topological polar surface area (TPSA) is 106 Å². The summed E-state index contributed by atoms with van der Waals surface area (Å²) >= 11 is 3.48. The van der Waals surface area contributed by atoms with Crippen molar-refractivity contribution in [2.24, 2.45) is 5.10 Å². The summed E-state index contributed by atoms with van der Waals surface area (Å²) < 4.78 is 17.0. The first-order valence-electron chi connectivity index (χ1n) is 10.3. The van der Waals surface area contributed by atoms with Gasteiger partial charge in [-0.15, -0.1) is 0 Å². The minimum absolute atomic E-state index is 0.313. The molecule has 0 bridgehead atoms. The molecule has 0 spiro atoms. The summed E-state index contributed by atoms with van der Waals surface area (Å²) in [4.78, 5) is 15.7. The van der Waals surface area contributed by atoms with E-state index in [1.807, 2.05) is 36.4 Å². The highest BCUT2D eigenvalue weighted by molar-refractivity contribution is 9.10. The lowest BCUT2D eigenvalue weighted by Crippen LogP contribution is -2.37. The van der Waals surface area contributed by atoms with Crippen molar-refractivity contribution in [2.45, 2.75) is 0 Å². The highest BCUT2D eigenvalue weighted by Gasteiger charge is 2.17. The lowest BCUT2D eigenvalue weighted by atomic mass is 10.2. The summed E-state index contributed by atoms with van der Waals surface area (Å²) in [5, 5.41) is 7.53. The number of hydrogen-bond donors (Lipinski definition) is 2. The van der Waals surface area contributed by atoms with Gasteiger partial charge in [0.05, 0.1) is 33.6 Å². The van der Waals surface area contributed by atoms with Gasteiger partial charge in [0.15, 0.2) is 0 Å². The minimum Gasteiger partial charge on any atom is -0.497 e. The van der Waals surface area contributed by atoms with Crippen LogP contribution in [0.15, 0.2) is 52.0 Å². The first kappa shape index (κ1) is 22.7. The third kappa shape index (κ3) is 6.08. The van der Waals surface area contributed by atoms with E-state index in [0.29, 0.717) is 55.6 Å². The molecule has 3 aromatic rings. The van der Waals surface area contributed by atoms with Crippen LogP contribution in [0.1, 0.15) is 5.56 Å². The molecule has 33 heavy (non-hydrogen) atoms. The lowest BCUT2D eigenvalue weighted by molar-refractivity contribution is 0.122. The number of morpholine rings is 1. The number of anilines is 4. The van der Waals surface area contributed by atoms with Crippen molar-refractivity contribution in [1.29, 1.82) is 0 Å². The monoisotopic (exact) mass is 513 g/mol. The molecule has 1 aliphatic rings. The highest BCUT2D eigenvalue weighted by atomic mass is 79.9. The zero-order valence-corrected chi connectivity index (χ0v) is 19.9. The molecule has 4 rings (SSSR count). The van der Waals surface area contributed by atoms with E-state index < -0.39 is 0 Å². The van der Waals surface area contributed by atoms with Gasteiger partial charge in [-0.25, -0.2) is 5.43 Å². The molecule has 11 heteroatoms. The van der Waals surface area contributed by atoms with Crippen LogP contribution < -0.4 is 25.1 Å². The molecular formula is C22H24BrN7O3. The standard InChI is InChI=1S/C22H24BrN7O3/c1-31-18-7-6-15(19(13-18)32-2)14-24-29-21-26-20(25-17-5-3-4-16(23)12-17)27-22(28-21)30-8-10-33-11-9-30/h3-7,12-14H,8-11H2,1-2H3,(H2,25,26,27,28,29)/b24-14+. The average Bonchev–Trinajstić information content (AvgIpc) is 2.84. The maximum Gasteiger partial charge on any atom is 0.250 e. The van der Waals surface area contributed by atoms with Crippen molar-refractivity contribution in [3.8, 4) is 11.5 Å².